The van der Waals surface area contributed by atoms with Crippen molar-refractivity contribution in [3.63, 3.8) is 0 Å². The minimum atomic E-state index is 0.801. The molecule has 0 aliphatic heterocycles. The van der Waals surface area contributed by atoms with E-state index in [-0.39, 0.29) is 0 Å². The summed E-state index contributed by atoms with van der Waals surface area (Å²) in [5, 5.41) is 9.19. The molecule has 0 aliphatic rings. The van der Waals surface area contributed by atoms with Gasteiger partial charge in [0.2, 0.25) is 0 Å². The summed E-state index contributed by atoms with van der Waals surface area (Å²) < 4.78 is 5.22. The van der Waals surface area contributed by atoms with Gasteiger partial charge in [0.1, 0.15) is 11.4 Å². The normalized spacial score (nSPS) is 10.5. The average Bonchev–Trinajstić information content (AvgIpc) is 2.47. The Morgan fingerprint density at radius 1 is 1.11 bits per heavy atom. The molecule has 0 N–H and O–H groups in total. The number of benzene rings is 1. The summed E-state index contributed by atoms with van der Waals surface area (Å²) in [6.07, 6.45) is 3.42. The van der Waals surface area contributed by atoms with E-state index < -0.39 is 0 Å². The maximum Gasteiger partial charge on any atom is 0.119 e. The highest BCUT2D eigenvalue weighted by Gasteiger charge is 2.07. The van der Waals surface area contributed by atoms with Crippen LogP contribution in [0.15, 0.2) is 48.8 Å². The van der Waals surface area contributed by atoms with E-state index in [1.54, 1.807) is 19.5 Å². The second-order valence-corrected chi connectivity index (χ2v) is 3.86. The molecule has 2 aromatic heterocycles. The summed E-state index contributed by atoms with van der Waals surface area (Å²) in [5.74, 6) is 0.801. The average molecular weight is 237 g/mol. The predicted molar refractivity (Wildman–Crippen MR) is 69.3 cm³/mol. The van der Waals surface area contributed by atoms with Crippen LogP contribution in [0.1, 0.15) is 0 Å². The lowest BCUT2D eigenvalue weighted by Crippen LogP contribution is -1.91. The molecular weight excluding hydrogens is 226 g/mol. The van der Waals surface area contributed by atoms with Crippen molar-refractivity contribution in [1.82, 2.24) is 15.2 Å². The smallest absolute Gasteiger partial charge is 0.119 e. The van der Waals surface area contributed by atoms with Crippen molar-refractivity contribution in [2.75, 3.05) is 7.11 Å². The Balaban J connectivity index is 2.24. The molecular formula is C14H11N3O. The van der Waals surface area contributed by atoms with E-state index in [1.807, 2.05) is 36.4 Å². The summed E-state index contributed by atoms with van der Waals surface area (Å²) in [7, 11) is 1.65. The fourth-order valence-electron chi connectivity index (χ4n) is 1.90. The van der Waals surface area contributed by atoms with Crippen molar-refractivity contribution in [1.29, 1.82) is 0 Å². The Bertz CT molecular complexity index is 692. The minimum absolute atomic E-state index is 0.801. The Kier molecular flexibility index (Phi) is 2.61. The molecule has 88 valence electrons. The van der Waals surface area contributed by atoms with E-state index in [2.05, 4.69) is 15.2 Å². The third-order valence-electron chi connectivity index (χ3n) is 2.77. The van der Waals surface area contributed by atoms with Crippen LogP contribution in [0.5, 0.6) is 5.75 Å². The number of fused-ring (bicyclic) bond motifs is 1. The first-order chi connectivity index (χ1) is 8.88. The number of hydrogen-bond donors (Lipinski definition) is 0. The van der Waals surface area contributed by atoms with E-state index in [0.717, 1.165) is 27.9 Å². The summed E-state index contributed by atoms with van der Waals surface area (Å²) in [6.45, 7) is 0. The first-order valence-corrected chi connectivity index (χ1v) is 5.59. The molecule has 0 spiro atoms. The summed E-state index contributed by atoms with van der Waals surface area (Å²) in [4.78, 5) is 4.28. The van der Waals surface area contributed by atoms with Gasteiger partial charge in [-0.3, -0.25) is 4.98 Å². The molecule has 0 fully saturated rings. The van der Waals surface area contributed by atoms with Crippen molar-refractivity contribution < 1.29 is 4.74 Å². The van der Waals surface area contributed by atoms with Gasteiger partial charge in [-0.1, -0.05) is 12.1 Å². The highest BCUT2D eigenvalue weighted by molar-refractivity contribution is 5.91. The zero-order valence-corrected chi connectivity index (χ0v) is 9.87. The number of nitrogens with zero attached hydrogens (tertiary/aromatic N) is 3. The first kappa shape index (κ1) is 10.7. The molecule has 2 heterocycles. The van der Waals surface area contributed by atoms with Gasteiger partial charge in [-0.2, -0.15) is 5.10 Å². The Morgan fingerprint density at radius 2 is 2.06 bits per heavy atom. The van der Waals surface area contributed by atoms with Gasteiger partial charge in [0.05, 0.1) is 18.8 Å². The molecule has 0 atom stereocenters. The topological polar surface area (TPSA) is 47.9 Å². The number of ether oxygens (including phenoxy) is 1. The molecule has 18 heavy (non-hydrogen) atoms. The predicted octanol–water partition coefficient (Wildman–Crippen LogP) is 2.70. The van der Waals surface area contributed by atoms with Gasteiger partial charge in [-0.15, -0.1) is 5.10 Å². The van der Waals surface area contributed by atoms with Crippen LogP contribution in [0.25, 0.3) is 22.2 Å². The molecule has 0 saturated heterocycles. The highest BCUT2D eigenvalue weighted by Crippen LogP contribution is 2.26. The lowest BCUT2D eigenvalue weighted by Gasteiger charge is -2.05. The molecule has 0 unspecified atom stereocenters. The largest absolute Gasteiger partial charge is 0.497 e. The van der Waals surface area contributed by atoms with Gasteiger partial charge >= 0.3 is 0 Å². The molecule has 0 saturated carbocycles. The lowest BCUT2D eigenvalue weighted by atomic mass is 10.1. The van der Waals surface area contributed by atoms with Crippen molar-refractivity contribution in [3.05, 3.63) is 48.8 Å². The van der Waals surface area contributed by atoms with E-state index in [1.165, 1.54) is 0 Å². The second-order valence-electron chi connectivity index (χ2n) is 3.86. The molecule has 4 nitrogen and oxygen atoms in total. The number of rotatable bonds is 2. The van der Waals surface area contributed by atoms with E-state index >= 15 is 0 Å². The Hall–Kier alpha value is -2.49. The Morgan fingerprint density at radius 3 is 2.94 bits per heavy atom. The van der Waals surface area contributed by atoms with Crippen molar-refractivity contribution in [3.8, 4) is 17.0 Å². The fourth-order valence-corrected chi connectivity index (χ4v) is 1.90. The molecule has 0 bridgehead atoms. The summed E-state index contributed by atoms with van der Waals surface area (Å²) >= 11 is 0. The van der Waals surface area contributed by atoms with Crippen molar-refractivity contribution in [2.45, 2.75) is 0 Å². The van der Waals surface area contributed by atoms with Crippen LogP contribution in [0.2, 0.25) is 0 Å². The number of hydrogen-bond acceptors (Lipinski definition) is 4. The zero-order chi connectivity index (χ0) is 12.4. The van der Waals surface area contributed by atoms with Gasteiger partial charge in [-0.25, -0.2) is 0 Å². The molecule has 0 aliphatic carbocycles. The molecule has 1 aromatic carbocycles. The third kappa shape index (κ3) is 1.78. The van der Waals surface area contributed by atoms with Gasteiger partial charge < -0.3 is 4.74 Å². The SMILES string of the molecule is COc1cccc(-c2nncc3ncccc23)c1. The second kappa shape index (κ2) is 4.41. The maximum atomic E-state index is 5.22. The van der Waals surface area contributed by atoms with Crippen molar-refractivity contribution >= 4 is 10.9 Å². The van der Waals surface area contributed by atoms with E-state index in [0.29, 0.717) is 0 Å². The van der Waals surface area contributed by atoms with E-state index in [9.17, 15) is 0 Å². The van der Waals surface area contributed by atoms with Crippen LogP contribution in [0, 0.1) is 0 Å². The van der Waals surface area contributed by atoms with Gasteiger partial charge in [0.15, 0.2) is 0 Å². The van der Waals surface area contributed by atoms with Gasteiger partial charge in [0, 0.05) is 17.1 Å². The lowest BCUT2D eigenvalue weighted by molar-refractivity contribution is 0.415. The number of methoxy groups -OCH3 is 1. The number of aromatic nitrogens is 3. The molecule has 4 heteroatoms. The Labute approximate surface area is 104 Å². The number of pyridine rings is 1. The minimum Gasteiger partial charge on any atom is -0.497 e. The van der Waals surface area contributed by atoms with Crippen LogP contribution in [-0.2, 0) is 0 Å². The van der Waals surface area contributed by atoms with Crippen LogP contribution in [-0.4, -0.2) is 22.3 Å². The van der Waals surface area contributed by atoms with Gasteiger partial charge in [0.25, 0.3) is 0 Å². The molecule has 3 aromatic rings. The summed E-state index contributed by atoms with van der Waals surface area (Å²) in [5.41, 5.74) is 2.63. The summed E-state index contributed by atoms with van der Waals surface area (Å²) in [6, 6.07) is 11.7. The highest BCUT2D eigenvalue weighted by atomic mass is 16.5. The van der Waals surface area contributed by atoms with Crippen LogP contribution < -0.4 is 4.74 Å². The first-order valence-electron chi connectivity index (χ1n) is 5.59. The molecule has 0 radical (unpaired) electrons. The molecule has 3 rings (SSSR count). The van der Waals surface area contributed by atoms with Crippen LogP contribution in [0.3, 0.4) is 0 Å². The van der Waals surface area contributed by atoms with Gasteiger partial charge in [-0.05, 0) is 24.3 Å². The standard InChI is InChI=1S/C14H11N3O/c1-18-11-5-2-4-10(8-11)14-12-6-3-7-15-13(12)9-16-17-14/h2-9H,1H3. The molecule has 0 amide bonds. The van der Waals surface area contributed by atoms with E-state index in [4.69, 9.17) is 4.74 Å². The van der Waals surface area contributed by atoms with Crippen LogP contribution in [0.4, 0.5) is 0 Å². The monoisotopic (exact) mass is 237 g/mol. The van der Waals surface area contributed by atoms with Crippen LogP contribution >= 0.6 is 0 Å². The zero-order valence-electron chi connectivity index (χ0n) is 9.87. The third-order valence-corrected chi connectivity index (χ3v) is 2.77. The van der Waals surface area contributed by atoms with Crippen molar-refractivity contribution in [2.24, 2.45) is 0 Å². The fraction of sp³-hybridized carbons (Fsp3) is 0.0714. The quantitative estimate of drug-likeness (QED) is 0.687. The maximum absolute atomic E-state index is 5.22.